The lowest BCUT2D eigenvalue weighted by atomic mass is 9.84. The summed E-state index contributed by atoms with van der Waals surface area (Å²) in [6, 6.07) is -2.72. The van der Waals surface area contributed by atoms with Gasteiger partial charge in [0.1, 0.15) is 48.8 Å². The second-order valence-electron chi connectivity index (χ2n) is 8.30. The fourth-order valence-corrected chi connectivity index (χ4v) is 4.16. The first-order chi connectivity index (χ1) is 14.6. The Hall–Kier alpha value is -0.560. The molecule has 14 atom stereocenters. The van der Waals surface area contributed by atoms with Crippen molar-refractivity contribution < 1.29 is 49.6 Å². The summed E-state index contributed by atoms with van der Waals surface area (Å²) >= 11 is 0. The highest BCUT2D eigenvalue weighted by molar-refractivity contribution is 5.01. The molecule has 0 aromatic rings. The first-order valence-electron chi connectivity index (χ1n) is 10.2. The summed E-state index contributed by atoms with van der Waals surface area (Å²) in [5, 5.41) is 60.2. The number of aliphatic hydroxyl groups is 6. The fraction of sp³-hybridized carbons (Fsp3) is 1.00. The van der Waals surface area contributed by atoms with Crippen LogP contribution in [-0.2, 0) is 18.9 Å². The molecule has 31 heavy (non-hydrogen) atoms. The van der Waals surface area contributed by atoms with E-state index in [1.807, 2.05) is 0 Å². The van der Waals surface area contributed by atoms with Crippen LogP contribution in [0.2, 0.25) is 0 Å². The van der Waals surface area contributed by atoms with E-state index in [1.54, 1.807) is 0 Å². The molecule has 2 heterocycles. The van der Waals surface area contributed by atoms with Crippen LogP contribution in [0.25, 0.3) is 0 Å². The molecule has 14 nitrogen and oxygen atoms in total. The van der Waals surface area contributed by atoms with Gasteiger partial charge in [0, 0.05) is 18.6 Å². The Bertz CT molecular complexity index is 591. The van der Waals surface area contributed by atoms with Crippen LogP contribution < -0.4 is 22.9 Å². The normalized spacial score (nSPS) is 53.6. The van der Waals surface area contributed by atoms with Gasteiger partial charge in [0.25, 0.3) is 0 Å². The summed E-state index contributed by atoms with van der Waals surface area (Å²) in [5.74, 6) is 0. The minimum Gasteiger partial charge on any atom is -0.394 e. The van der Waals surface area contributed by atoms with Crippen LogP contribution in [0.15, 0.2) is 0 Å². The highest BCUT2D eigenvalue weighted by Crippen LogP contribution is 2.31. The quantitative estimate of drug-likeness (QED) is 0.179. The second kappa shape index (κ2) is 10.1. The Kier molecular flexibility index (Phi) is 8.21. The van der Waals surface area contributed by atoms with E-state index in [4.69, 9.17) is 41.9 Å². The molecule has 0 aromatic heterocycles. The number of hydrogen-bond acceptors (Lipinski definition) is 14. The second-order valence-corrected chi connectivity index (χ2v) is 8.30. The topological polar surface area (TPSA) is 262 Å². The number of rotatable bonds is 6. The van der Waals surface area contributed by atoms with Gasteiger partial charge in [-0.25, -0.2) is 0 Å². The smallest absolute Gasteiger partial charge is 0.187 e. The van der Waals surface area contributed by atoms with E-state index in [0.29, 0.717) is 0 Å². The lowest BCUT2D eigenvalue weighted by Crippen LogP contribution is -2.68. The van der Waals surface area contributed by atoms with Crippen LogP contribution >= 0.6 is 0 Å². The van der Waals surface area contributed by atoms with Gasteiger partial charge in [-0.15, -0.1) is 0 Å². The SMILES string of the molecule is NCC1OC(OC2C(N)CC(N)C(O)C2O[C@@H]2O[C@H](CO)[C@H](O)C2O)C(N)C(O)C1O. The number of ether oxygens (including phenoxy) is 4. The van der Waals surface area contributed by atoms with Crippen LogP contribution in [0.1, 0.15) is 6.42 Å². The van der Waals surface area contributed by atoms with E-state index >= 15 is 0 Å². The summed E-state index contributed by atoms with van der Waals surface area (Å²) in [6.45, 7) is -0.673. The molecule has 0 spiro atoms. The molecule has 14 N–H and O–H groups in total. The zero-order chi connectivity index (χ0) is 23.0. The minimum atomic E-state index is -1.51. The highest BCUT2D eigenvalue weighted by Gasteiger charge is 2.52. The van der Waals surface area contributed by atoms with Crippen molar-refractivity contribution in [3.05, 3.63) is 0 Å². The summed E-state index contributed by atoms with van der Waals surface area (Å²) in [6.07, 6.45) is -13.8. The Morgan fingerprint density at radius 3 is 1.87 bits per heavy atom. The van der Waals surface area contributed by atoms with Gasteiger partial charge < -0.3 is 72.5 Å². The van der Waals surface area contributed by atoms with Gasteiger partial charge in [-0.1, -0.05) is 0 Å². The van der Waals surface area contributed by atoms with Gasteiger partial charge in [0.15, 0.2) is 12.6 Å². The largest absolute Gasteiger partial charge is 0.394 e. The molecule has 182 valence electrons. The van der Waals surface area contributed by atoms with Crippen molar-refractivity contribution in [1.82, 2.24) is 0 Å². The van der Waals surface area contributed by atoms with Crippen molar-refractivity contribution in [2.45, 2.75) is 92.1 Å². The molecule has 3 fully saturated rings. The molecular formula is C17H34N4O10. The van der Waals surface area contributed by atoms with E-state index in [1.165, 1.54) is 0 Å². The van der Waals surface area contributed by atoms with Crippen molar-refractivity contribution in [3.63, 3.8) is 0 Å². The van der Waals surface area contributed by atoms with Crippen LogP contribution in [0, 0.1) is 0 Å². The minimum absolute atomic E-state index is 0.114. The zero-order valence-electron chi connectivity index (χ0n) is 16.8. The number of aliphatic hydroxyl groups excluding tert-OH is 6. The van der Waals surface area contributed by atoms with Gasteiger partial charge >= 0.3 is 0 Å². The monoisotopic (exact) mass is 454 g/mol. The lowest BCUT2D eigenvalue weighted by molar-refractivity contribution is -0.306. The predicted molar refractivity (Wildman–Crippen MR) is 102 cm³/mol. The molecule has 14 heteroatoms. The van der Waals surface area contributed by atoms with Crippen molar-refractivity contribution in [2.24, 2.45) is 22.9 Å². The summed E-state index contributed by atoms with van der Waals surface area (Å²) in [7, 11) is 0. The third kappa shape index (κ3) is 4.87. The molecule has 0 amide bonds. The fourth-order valence-electron chi connectivity index (χ4n) is 4.16. The van der Waals surface area contributed by atoms with Crippen LogP contribution in [0.5, 0.6) is 0 Å². The first kappa shape index (κ1) is 25.1. The lowest BCUT2D eigenvalue weighted by Gasteiger charge is -2.47. The third-order valence-electron chi connectivity index (χ3n) is 6.13. The van der Waals surface area contributed by atoms with Crippen molar-refractivity contribution in [3.8, 4) is 0 Å². The molecule has 0 aromatic carbocycles. The average molecular weight is 454 g/mol. The summed E-state index contributed by atoms with van der Waals surface area (Å²) < 4.78 is 22.5. The first-order valence-corrected chi connectivity index (χ1v) is 10.2. The number of hydrogen-bond donors (Lipinski definition) is 10. The summed E-state index contributed by atoms with van der Waals surface area (Å²) in [4.78, 5) is 0. The summed E-state index contributed by atoms with van der Waals surface area (Å²) in [5.41, 5.74) is 23.6. The zero-order valence-corrected chi connectivity index (χ0v) is 16.8. The molecule has 0 bridgehead atoms. The Morgan fingerprint density at radius 2 is 1.29 bits per heavy atom. The molecule has 0 radical (unpaired) electrons. The van der Waals surface area contributed by atoms with Gasteiger partial charge in [-0.2, -0.15) is 0 Å². The van der Waals surface area contributed by atoms with Crippen molar-refractivity contribution in [1.29, 1.82) is 0 Å². The van der Waals surface area contributed by atoms with Gasteiger partial charge in [0.2, 0.25) is 0 Å². The maximum atomic E-state index is 10.6. The average Bonchev–Trinajstić information content (AvgIpc) is 3.02. The van der Waals surface area contributed by atoms with E-state index in [-0.39, 0.29) is 13.0 Å². The highest BCUT2D eigenvalue weighted by atomic mass is 16.7. The van der Waals surface area contributed by atoms with Gasteiger partial charge in [-0.3, -0.25) is 0 Å². The molecule has 11 unspecified atom stereocenters. The third-order valence-corrected chi connectivity index (χ3v) is 6.13. The van der Waals surface area contributed by atoms with E-state index < -0.39 is 92.2 Å². The van der Waals surface area contributed by atoms with Gasteiger partial charge in [-0.05, 0) is 6.42 Å². The molecular weight excluding hydrogens is 420 g/mol. The predicted octanol–water partition coefficient (Wildman–Crippen LogP) is -6.65. The van der Waals surface area contributed by atoms with Crippen molar-refractivity contribution >= 4 is 0 Å². The standard InChI is InChI=1S/C17H34N4O10/c18-2-6-10(24)12(26)8(21)16(28-6)30-14-5(20)1-4(19)9(23)15(14)31-17-13(27)11(25)7(3-22)29-17/h4-17,22-27H,1-3,18-21H2/t4?,5?,6?,7-,8?,9?,10?,11+,12?,13?,14?,15?,16?,17+/m1/s1. The molecule has 3 rings (SSSR count). The van der Waals surface area contributed by atoms with E-state index in [9.17, 15) is 30.6 Å². The van der Waals surface area contributed by atoms with Crippen LogP contribution in [-0.4, -0.2) is 129 Å². The Balaban J connectivity index is 1.78. The van der Waals surface area contributed by atoms with Crippen LogP contribution in [0.4, 0.5) is 0 Å². The molecule has 1 aliphatic carbocycles. The van der Waals surface area contributed by atoms with Crippen LogP contribution in [0.3, 0.4) is 0 Å². The van der Waals surface area contributed by atoms with Gasteiger partial charge in [0.05, 0.1) is 18.8 Å². The van der Waals surface area contributed by atoms with Crippen molar-refractivity contribution in [2.75, 3.05) is 13.2 Å². The van der Waals surface area contributed by atoms with E-state index in [0.717, 1.165) is 0 Å². The Labute approximate surface area is 178 Å². The Morgan fingerprint density at radius 1 is 0.710 bits per heavy atom. The number of nitrogens with two attached hydrogens (primary N) is 4. The maximum absolute atomic E-state index is 10.6. The van der Waals surface area contributed by atoms with E-state index in [2.05, 4.69) is 0 Å². The molecule has 2 aliphatic heterocycles. The molecule has 1 saturated carbocycles. The molecule has 3 aliphatic rings. The molecule has 2 saturated heterocycles. The maximum Gasteiger partial charge on any atom is 0.187 e.